The van der Waals surface area contributed by atoms with Gasteiger partial charge in [-0.15, -0.1) is 0 Å². The molecule has 0 spiro atoms. The Morgan fingerprint density at radius 2 is 1.87 bits per heavy atom. The summed E-state index contributed by atoms with van der Waals surface area (Å²) < 4.78 is 12.9. The van der Waals surface area contributed by atoms with Gasteiger partial charge in [0.25, 0.3) is 0 Å². The van der Waals surface area contributed by atoms with Crippen LogP contribution in [0.2, 0.25) is 0 Å². The lowest BCUT2D eigenvalue weighted by Crippen LogP contribution is -2.23. The smallest absolute Gasteiger partial charge is 0.226 e. The lowest BCUT2D eigenvalue weighted by atomic mass is 9.86. The summed E-state index contributed by atoms with van der Waals surface area (Å²) in [5.41, 5.74) is 2.95. The molecule has 1 unspecified atom stereocenters. The highest BCUT2D eigenvalue weighted by Crippen LogP contribution is 2.42. The molecular weight excluding hydrogens is 446 g/mol. The number of nitrogens with one attached hydrogen (secondary N) is 2. The third-order valence-corrected chi connectivity index (χ3v) is 5.75. The number of nitrogens with zero attached hydrogens (tertiary/aromatic N) is 1. The quantitative estimate of drug-likeness (QED) is 0.510. The first-order valence-electron chi connectivity index (χ1n) is 9.75. The van der Waals surface area contributed by atoms with E-state index in [1.165, 1.54) is 0 Å². The SMILES string of the molecule is COc1cc(C2CC(=O)Nc3n[nH]cc32)ccc1Oc1ccc(Br)cc1C(C)(C)C. The van der Waals surface area contributed by atoms with Crippen molar-refractivity contribution < 1.29 is 14.3 Å². The first-order valence-corrected chi connectivity index (χ1v) is 10.5. The molecular formula is C23H24BrN3O3. The summed E-state index contributed by atoms with van der Waals surface area (Å²) in [6, 6.07) is 11.8. The Hall–Kier alpha value is -2.80. The van der Waals surface area contributed by atoms with Crippen LogP contribution in [0, 0.1) is 0 Å². The van der Waals surface area contributed by atoms with Crippen molar-refractivity contribution in [3.05, 3.63) is 63.8 Å². The molecule has 4 rings (SSSR count). The van der Waals surface area contributed by atoms with Gasteiger partial charge in [-0.25, -0.2) is 0 Å². The van der Waals surface area contributed by atoms with Crippen LogP contribution >= 0.6 is 15.9 Å². The van der Waals surface area contributed by atoms with Crippen LogP contribution in [0.15, 0.2) is 47.1 Å². The molecule has 0 saturated carbocycles. The minimum absolute atomic E-state index is 0.0522. The third-order valence-electron chi connectivity index (χ3n) is 5.25. The second-order valence-electron chi connectivity index (χ2n) is 8.40. The zero-order valence-electron chi connectivity index (χ0n) is 17.4. The second-order valence-corrected chi connectivity index (χ2v) is 9.31. The normalized spacial score (nSPS) is 16.0. The molecule has 7 heteroatoms. The molecule has 1 aliphatic heterocycles. The van der Waals surface area contributed by atoms with Crippen molar-refractivity contribution in [2.75, 3.05) is 12.4 Å². The van der Waals surface area contributed by atoms with E-state index < -0.39 is 0 Å². The van der Waals surface area contributed by atoms with E-state index in [1.807, 2.05) is 36.5 Å². The molecule has 0 saturated heterocycles. The lowest BCUT2D eigenvalue weighted by Gasteiger charge is -2.25. The van der Waals surface area contributed by atoms with Gasteiger partial charge in [0.1, 0.15) is 5.75 Å². The summed E-state index contributed by atoms with van der Waals surface area (Å²) in [7, 11) is 1.62. The van der Waals surface area contributed by atoms with Gasteiger partial charge in [-0.1, -0.05) is 42.8 Å². The molecule has 6 nitrogen and oxygen atoms in total. The third kappa shape index (κ3) is 3.94. The number of rotatable bonds is 4. The topological polar surface area (TPSA) is 76.2 Å². The van der Waals surface area contributed by atoms with E-state index in [0.717, 1.165) is 26.9 Å². The number of carbonyl (C=O) groups excluding carboxylic acids is 1. The van der Waals surface area contributed by atoms with Crippen molar-refractivity contribution >= 4 is 27.7 Å². The van der Waals surface area contributed by atoms with Crippen molar-refractivity contribution in [2.24, 2.45) is 0 Å². The van der Waals surface area contributed by atoms with E-state index >= 15 is 0 Å². The van der Waals surface area contributed by atoms with Crippen molar-refractivity contribution in [1.29, 1.82) is 0 Å². The van der Waals surface area contributed by atoms with Crippen LogP contribution in [0.3, 0.4) is 0 Å². The Balaban J connectivity index is 1.69. The van der Waals surface area contributed by atoms with E-state index in [0.29, 0.717) is 23.7 Å². The van der Waals surface area contributed by atoms with Crippen molar-refractivity contribution in [3.8, 4) is 17.2 Å². The molecule has 30 heavy (non-hydrogen) atoms. The molecule has 2 N–H and O–H groups in total. The highest BCUT2D eigenvalue weighted by molar-refractivity contribution is 9.10. The van der Waals surface area contributed by atoms with E-state index in [4.69, 9.17) is 9.47 Å². The molecule has 0 fully saturated rings. The average molecular weight is 470 g/mol. The molecule has 1 aliphatic rings. The van der Waals surface area contributed by atoms with Crippen LogP contribution in [-0.2, 0) is 10.2 Å². The number of benzene rings is 2. The van der Waals surface area contributed by atoms with Gasteiger partial charge < -0.3 is 14.8 Å². The minimum atomic E-state index is -0.0896. The molecule has 1 atom stereocenters. The average Bonchev–Trinajstić information content (AvgIpc) is 3.16. The number of hydrogen-bond donors (Lipinski definition) is 2. The van der Waals surface area contributed by atoms with Gasteiger partial charge in [0.15, 0.2) is 17.3 Å². The Kier molecular flexibility index (Phi) is 5.32. The number of fused-ring (bicyclic) bond motifs is 1. The van der Waals surface area contributed by atoms with Crippen LogP contribution in [0.4, 0.5) is 5.82 Å². The molecule has 156 valence electrons. The number of hydrogen-bond acceptors (Lipinski definition) is 4. The number of methoxy groups -OCH3 is 1. The van der Waals surface area contributed by atoms with Gasteiger partial charge >= 0.3 is 0 Å². The maximum Gasteiger partial charge on any atom is 0.226 e. The summed E-state index contributed by atoms with van der Waals surface area (Å²) >= 11 is 3.55. The Labute approximate surface area is 184 Å². The highest BCUT2D eigenvalue weighted by atomic mass is 79.9. The first kappa shape index (κ1) is 20.5. The van der Waals surface area contributed by atoms with Crippen LogP contribution in [0.5, 0.6) is 17.2 Å². The van der Waals surface area contributed by atoms with Gasteiger partial charge in [0.05, 0.1) is 7.11 Å². The predicted molar refractivity (Wildman–Crippen MR) is 120 cm³/mol. The standard InChI is InChI=1S/C23H24BrN3O3/c1-23(2,3)17-10-14(24)6-8-18(17)30-19-7-5-13(9-20(19)29-4)15-11-21(28)26-22-16(15)12-25-27-22/h5-10,12,15H,11H2,1-4H3,(H2,25,26,27,28). The minimum Gasteiger partial charge on any atom is -0.493 e. The Morgan fingerprint density at radius 1 is 1.10 bits per heavy atom. The number of anilines is 1. The first-order chi connectivity index (χ1) is 14.3. The predicted octanol–water partition coefficient (Wildman–Crippen LogP) is 5.74. The maximum atomic E-state index is 12.1. The molecule has 2 heterocycles. The monoisotopic (exact) mass is 469 g/mol. The van der Waals surface area contributed by atoms with Gasteiger partial charge in [0.2, 0.25) is 5.91 Å². The van der Waals surface area contributed by atoms with Crippen LogP contribution in [0.25, 0.3) is 0 Å². The molecule has 0 bridgehead atoms. The molecule has 0 aliphatic carbocycles. The van der Waals surface area contributed by atoms with Crippen molar-refractivity contribution in [2.45, 2.75) is 38.5 Å². The maximum absolute atomic E-state index is 12.1. The summed E-state index contributed by atoms with van der Waals surface area (Å²) in [6.45, 7) is 6.45. The number of halogens is 1. The van der Waals surface area contributed by atoms with Crippen LogP contribution < -0.4 is 14.8 Å². The number of aromatic amines is 1. The van der Waals surface area contributed by atoms with Crippen molar-refractivity contribution in [1.82, 2.24) is 10.2 Å². The van der Waals surface area contributed by atoms with Crippen molar-refractivity contribution in [3.63, 3.8) is 0 Å². The molecule has 2 aromatic carbocycles. The molecule has 1 amide bonds. The van der Waals surface area contributed by atoms with E-state index in [-0.39, 0.29) is 17.2 Å². The van der Waals surface area contributed by atoms with Crippen LogP contribution in [-0.4, -0.2) is 23.2 Å². The number of aromatic nitrogens is 2. The highest BCUT2D eigenvalue weighted by Gasteiger charge is 2.29. The largest absolute Gasteiger partial charge is 0.493 e. The van der Waals surface area contributed by atoms with E-state index in [9.17, 15) is 4.79 Å². The van der Waals surface area contributed by atoms with E-state index in [1.54, 1.807) is 7.11 Å². The molecule has 0 radical (unpaired) electrons. The zero-order valence-corrected chi connectivity index (χ0v) is 19.0. The van der Waals surface area contributed by atoms with Gasteiger partial charge in [-0.05, 0) is 41.3 Å². The van der Waals surface area contributed by atoms with Gasteiger partial charge in [-0.2, -0.15) is 5.10 Å². The van der Waals surface area contributed by atoms with E-state index in [2.05, 4.69) is 58.3 Å². The summed E-state index contributed by atoms with van der Waals surface area (Å²) in [5.74, 6) is 2.47. The van der Waals surface area contributed by atoms with Gasteiger partial charge in [0, 0.05) is 34.1 Å². The molecule has 3 aromatic rings. The second kappa shape index (κ2) is 7.80. The van der Waals surface area contributed by atoms with Gasteiger partial charge in [-0.3, -0.25) is 9.89 Å². The Morgan fingerprint density at radius 3 is 2.60 bits per heavy atom. The number of ether oxygens (including phenoxy) is 2. The Bertz CT molecular complexity index is 1100. The number of amides is 1. The zero-order chi connectivity index (χ0) is 21.5. The fraction of sp³-hybridized carbons (Fsp3) is 0.304. The fourth-order valence-electron chi connectivity index (χ4n) is 3.72. The fourth-order valence-corrected chi connectivity index (χ4v) is 4.08. The lowest BCUT2D eigenvalue weighted by molar-refractivity contribution is -0.116. The van der Waals surface area contributed by atoms with Crippen LogP contribution in [0.1, 0.15) is 49.8 Å². The number of carbonyl (C=O) groups is 1. The summed E-state index contributed by atoms with van der Waals surface area (Å²) in [4.78, 5) is 12.1. The summed E-state index contributed by atoms with van der Waals surface area (Å²) in [5, 5.41) is 9.75. The molecule has 1 aromatic heterocycles. The summed E-state index contributed by atoms with van der Waals surface area (Å²) in [6.07, 6.45) is 2.19. The number of H-pyrrole nitrogens is 1.